The molecule has 0 aliphatic rings. The number of carbonyl (C=O) groups is 1. The molecule has 69 heavy (non-hydrogen) atoms. The first-order chi connectivity index (χ1) is 33.6. The summed E-state index contributed by atoms with van der Waals surface area (Å²) in [6.07, 6.45) is 68.5. The second-order valence-corrected chi connectivity index (χ2v) is 22.1. The number of phosphoric ester groups is 1. The normalized spacial score (nSPS) is 13.9. The number of unbranched alkanes of at least 4 members (excludes halogenated alkanes) is 30. The number of rotatable bonds is 54. The minimum atomic E-state index is -4.29. The largest absolute Gasteiger partial charge is 0.472 e. The van der Waals surface area contributed by atoms with Gasteiger partial charge in [-0.1, -0.05) is 235 Å². The van der Waals surface area contributed by atoms with E-state index in [9.17, 15) is 14.3 Å². The topological polar surface area (TPSA) is 91.3 Å². The molecule has 2 unspecified atom stereocenters. The Balaban J connectivity index is 4.06. The highest BCUT2D eigenvalue weighted by molar-refractivity contribution is 7.47. The zero-order valence-corrected chi connectivity index (χ0v) is 46.9. The van der Waals surface area contributed by atoms with E-state index >= 15 is 0 Å². The maximum absolute atomic E-state index is 12.8. The van der Waals surface area contributed by atoms with Crippen molar-refractivity contribution in [1.29, 1.82) is 0 Å². The van der Waals surface area contributed by atoms with Crippen molar-refractivity contribution in [1.82, 2.24) is 0 Å². The SMILES string of the molecule is CC/C=C\C/C=C\C/C=C\C/C=C\CCCCCCCCCCCCCCCOCC(COP(=O)(O)OCC[N+](C)(C)C)OC(=O)CCCCCCCCCCC/C=C\CCCCCCCCCC. The van der Waals surface area contributed by atoms with Crippen LogP contribution in [0.1, 0.15) is 258 Å². The third-order valence-electron chi connectivity index (χ3n) is 12.6. The lowest BCUT2D eigenvalue weighted by atomic mass is 10.0. The van der Waals surface area contributed by atoms with Crippen molar-refractivity contribution in [2.75, 3.05) is 54.1 Å². The van der Waals surface area contributed by atoms with Gasteiger partial charge >= 0.3 is 13.8 Å². The third-order valence-corrected chi connectivity index (χ3v) is 13.5. The molecule has 0 spiro atoms. The molecule has 0 fully saturated rings. The molecule has 0 rings (SSSR count). The zero-order valence-electron chi connectivity index (χ0n) is 46.0. The van der Waals surface area contributed by atoms with Gasteiger partial charge in [-0.05, 0) is 77.0 Å². The summed E-state index contributed by atoms with van der Waals surface area (Å²) in [6, 6.07) is 0. The summed E-state index contributed by atoms with van der Waals surface area (Å²) in [7, 11) is 1.67. The van der Waals surface area contributed by atoms with Crippen molar-refractivity contribution in [3.63, 3.8) is 0 Å². The smallest absolute Gasteiger partial charge is 0.457 e. The molecule has 0 saturated heterocycles. The Morgan fingerprint density at radius 3 is 1.28 bits per heavy atom. The number of allylic oxidation sites excluding steroid dienone is 10. The van der Waals surface area contributed by atoms with E-state index < -0.39 is 13.9 Å². The number of esters is 1. The van der Waals surface area contributed by atoms with Crippen LogP contribution in [0.3, 0.4) is 0 Å². The molecule has 0 aromatic rings. The van der Waals surface area contributed by atoms with Gasteiger partial charge in [0.1, 0.15) is 19.3 Å². The number of likely N-dealkylation sites (N-methyl/N-ethyl adjacent to an activating group) is 1. The maximum Gasteiger partial charge on any atom is 0.472 e. The molecule has 0 aliphatic heterocycles. The highest BCUT2D eigenvalue weighted by Gasteiger charge is 2.26. The van der Waals surface area contributed by atoms with Crippen molar-refractivity contribution >= 4 is 13.8 Å². The van der Waals surface area contributed by atoms with Crippen molar-refractivity contribution in [3.8, 4) is 0 Å². The lowest BCUT2D eigenvalue weighted by molar-refractivity contribution is -0.870. The molecule has 0 amide bonds. The van der Waals surface area contributed by atoms with Crippen LogP contribution in [0.15, 0.2) is 60.8 Å². The Bertz CT molecular complexity index is 1290. The third kappa shape index (κ3) is 57.0. The number of hydrogen-bond acceptors (Lipinski definition) is 6. The predicted molar refractivity (Wildman–Crippen MR) is 298 cm³/mol. The fraction of sp³-hybridized carbons (Fsp3) is 0.817. The summed E-state index contributed by atoms with van der Waals surface area (Å²) < 4.78 is 35.3. The second kappa shape index (κ2) is 52.5. The average molecular weight is 992 g/mol. The minimum Gasteiger partial charge on any atom is -0.457 e. The van der Waals surface area contributed by atoms with E-state index in [1.165, 1.54) is 180 Å². The summed E-state index contributed by atoms with van der Waals surface area (Å²) in [5.41, 5.74) is 0. The van der Waals surface area contributed by atoms with E-state index in [0.29, 0.717) is 24.1 Å². The van der Waals surface area contributed by atoms with Crippen LogP contribution in [-0.4, -0.2) is 75.6 Å². The van der Waals surface area contributed by atoms with Gasteiger partial charge in [-0.25, -0.2) is 4.57 Å². The van der Waals surface area contributed by atoms with Crippen LogP contribution in [-0.2, 0) is 27.9 Å². The highest BCUT2D eigenvalue weighted by atomic mass is 31.2. The molecular formula is C60H113NO7P+. The Kier molecular flexibility index (Phi) is 51.2. The predicted octanol–water partition coefficient (Wildman–Crippen LogP) is 18.4. The lowest BCUT2D eigenvalue weighted by Gasteiger charge is -2.24. The van der Waals surface area contributed by atoms with E-state index in [2.05, 4.69) is 74.6 Å². The van der Waals surface area contributed by atoms with Crippen LogP contribution in [0, 0.1) is 0 Å². The van der Waals surface area contributed by atoms with E-state index in [1.807, 2.05) is 21.1 Å². The van der Waals surface area contributed by atoms with Crippen molar-refractivity contribution in [2.45, 2.75) is 264 Å². The molecule has 0 saturated carbocycles. The Morgan fingerprint density at radius 2 is 0.841 bits per heavy atom. The van der Waals surface area contributed by atoms with Gasteiger partial charge < -0.3 is 18.9 Å². The van der Waals surface area contributed by atoms with Gasteiger partial charge in [0.05, 0.1) is 34.4 Å². The van der Waals surface area contributed by atoms with Gasteiger partial charge in [-0.2, -0.15) is 0 Å². The van der Waals surface area contributed by atoms with Crippen LogP contribution in [0.25, 0.3) is 0 Å². The van der Waals surface area contributed by atoms with Crippen LogP contribution >= 0.6 is 7.82 Å². The van der Waals surface area contributed by atoms with Gasteiger partial charge in [0.2, 0.25) is 0 Å². The van der Waals surface area contributed by atoms with E-state index in [4.69, 9.17) is 18.5 Å². The lowest BCUT2D eigenvalue weighted by Crippen LogP contribution is -2.37. The van der Waals surface area contributed by atoms with Gasteiger partial charge in [-0.3, -0.25) is 13.8 Å². The molecule has 0 radical (unpaired) electrons. The number of phosphoric acid groups is 1. The Morgan fingerprint density at radius 1 is 0.464 bits per heavy atom. The van der Waals surface area contributed by atoms with Crippen LogP contribution in [0.5, 0.6) is 0 Å². The molecule has 1 N–H and O–H groups in total. The molecule has 0 bridgehead atoms. The first-order valence-corrected chi connectivity index (χ1v) is 30.5. The van der Waals surface area contributed by atoms with Crippen molar-refractivity contribution < 1.29 is 37.3 Å². The second-order valence-electron chi connectivity index (χ2n) is 20.6. The van der Waals surface area contributed by atoms with E-state index in [-0.39, 0.29) is 25.8 Å². The highest BCUT2D eigenvalue weighted by Crippen LogP contribution is 2.43. The Hall–Kier alpha value is -1.80. The van der Waals surface area contributed by atoms with E-state index in [1.54, 1.807) is 0 Å². The Labute approximate surface area is 428 Å². The fourth-order valence-corrected chi connectivity index (χ4v) is 8.87. The van der Waals surface area contributed by atoms with E-state index in [0.717, 1.165) is 57.8 Å². The number of hydrogen-bond donors (Lipinski definition) is 1. The van der Waals surface area contributed by atoms with Crippen LogP contribution in [0.4, 0.5) is 0 Å². The standard InChI is InChI=1S/C60H112NO7P/c1-6-8-10-12-14-16-18-20-22-24-26-28-29-30-31-32-34-36-38-40-42-44-46-48-50-52-55-65-57-59(58-67-69(63,64)66-56-54-61(3,4)5)68-60(62)53-51-49-47-45-43-41-39-37-35-33-27-25-23-21-19-17-15-13-11-9-7-2/h8,10,14,16,20,22,25-28,59H,6-7,9,11-13,15,17-19,21,23-24,29-58H2,1-5H3/p+1/b10-8-,16-14-,22-20-,27-25-,28-26-. The summed E-state index contributed by atoms with van der Waals surface area (Å²) in [6.45, 7) is 5.54. The molecule has 404 valence electrons. The first kappa shape index (κ1) is 67.2. The zero-order chi connectivity index (χ0) is 50.5. The van der Waals surface area contributed by atoms with Crippen LogP contribution in [0.2, 0.25) is 0 Å². The summed E-state index contributed by atoms with van der Waals surface area (Å²) in [4.78, 5) is 23.1. The van der Waals surface area contributed by atoms with Crippen LogP contribution < -0.4 is 0 Å². The molecule has 8 nitrogen and oxygen atoms in total. The molecule has 9 heteroatoms. The molecule has 0 aromatic carbocycles. The number of quaternary nitrogens is 1. The summed E-state index contributed by atoms with van der Waals surface area (Å²) in [5, 5.41) is 0. The van der Waals surface area contributed by atoms with Gasteiger partial charge in [0.15, 0.2) is 0 Å². The molecule has 0 heterocycles. The average Bonchev–Trinajstić information content (AvgIpc) is 3.31. The van der Waals surface area contributed by atoms with Gasteiger partial charge in [-0.15, -0.1) is 0 Å². The quantitative estimate of drug-likeness (QED) is 0.0213. The molecular weight excluding hydrogens is 878 g/mol. The van der Waals surface area contributed by atoms with Gasteiger partial charge in [0.25, 0.3) is 0 Å². The fourth-order valence-electron chi connectivity index (χ4n) is 8.13. The van der Waals surface area contributed by atoms with Crippen molar-refractivity contribution in [2.24, 2.45) is 0 Å². The molecule has 0 aliphatic carbocycles. The maximum atomic E-state index is 12.8. The number of carbonyl (C=O) groups excluding carboxylic acids is 1. The molecule has 0 aromatic heterocycles. The summed E-state index contributed by atoms with van der Waals surface area (Å²) >= 11 is 0. The monoisotopic (exact) mass is 991 g/mol. The minimum absolute atomic E-state index is 0.0872. The number of ether oxygens (including phenoxy) is 2. The first-order valence-electron chi connectivity index (χ1n) is 29.0. The summed E-state index contributed by atoms with van der Waals surface area (Å²) in [5.74, 6) is -0.314. The molecule has 2 atom stereocenters. The van der Waals surface area contributed by atoms with Gasteiger partial charge in [0, 0.05) is 13.0 Å². The number of nitrogens with zero attached hydrogens (tertiary/aromatic N) is 1. The van der Waals surface area contributed by atoms with Crippen molar-refractivity contribution in [3.05, 3.63) is 60.8 Å².